The third-order valence-electron chi connectivity index (χ3n) is 3.90. The summed E-state index contributed by atoms with van der Waals surface area (Å²) in [4.78, 5) is 18.8. The van der Waals surface area contributed by atoms with Crippen molar-refractivity contribution in [3.63, 3.8) is 0 Å². The van der Waals surface area contributed by atoms with Gasteiger partial charge in [0.1, 0.15) is 0 Å². The second-order valence-electron chi connectivity index (χ2n) is 5.46. The molecule has 0 atom stereocenters. The van der Waals surface area contributed by atoms with Gasteiger partial charge in [0, 0.05) is 22.3 Å². The van der Waals surface area contributed by atoms with E-state index < -0.39 is 0 Å². The molecule has 126 valence electrons. The predicted octanol–water partition coefficient (Wildman–Crippen LogP) is 4.24. The maximum Gasteiger partial charge on any atom is 0.237 e. The predicted molar refractivity (Wildman–Crippen MR) is 99.6 cm³/mol. The molecule has 0 saturated heterocycles. The van der Waals surface area contributed by atoms with Crippen molar-refractivity contribution in [3.05, 3.63) is 40.5 Å². The summed E-state index contributed by atoms with van der Waals surface area (Å²) in [7, 11) is 0. The number of nitrogens with zero attached hydrogens (tertiary/aromatic N) is 3. The smallest absolute Gasteiger partial charge is 0.237 e. The largest absolute Gasteiger partial charge is 0.316 e. The average Bonchev–Trinajstić information content (AvgIpc) is 3.26. The molecule has 1 aliphatic rings. The van der Waals surface area contributed by atoms with E-state index in [-0.39, 0.29) is 5.91 Å². The zero-order valence-corrected chi connectivity index (χ0v) is 15.9. The Kier molecular flexibility index (Phi) is 5.73. The highest BCUT2D eigenvalue weighted by atomic mass is 79.9. The first-order chi connectivity index (χ1) is 11.7. The van der Waals surface area contributed by atoms with E-state index in [2.05, 4.69) is 37.2 Å². The van der Waals surface area contributed by atoms with E-state index in [1.165, 1.54) is 11.8 Å². The Labute approximate surface area is 154 Å². The Hall–Kier alpha value is -1.60. The van der Waals surface area contributed by atoms with Gasteiger partial charge in [0.2, 0.25) is 11.1 Å². The number of benzene rings is 1. The van der Waals surface area contributed by atoms with Gasteiger partial charge in [-0.1, -0.05) is 52.0 Å². The van der Waals surface area contributed by atoms with E-state index in [4.69, 9.17) is 0 Å². The van der Waals surface area contributed by atoms with Gasteiger partial charge in [-0.3, -0.25) is 9.89 Å². The van der Waals surface area contributed by atoms with E-state index in [0.29, 0.717) is 23.3 Å². The van der Waals surface area contributed by atoms with Crippen molar-refractivity contribution >= 4 is 33.6 Å². The molecule has 7 heteroatoms. The number of hydrogen-bond acceptors (Lipinski definition) is 4. The number of hydrogen-bond donors (Lipinski definition) is 1. The lowest BCUT2D eigenvalue weighted by Gasteiger charge is -2.21. The first kappa shape index (κ1) is 17.2. The van der Waals surface area contributed by atoms with Crippen molar-refractivity contribution in [3.8, 4) is 11.4 Å². The van der Waals surface area contributed by atoms with Crippen molar-refractivity contribution in [1.82, 2.24) is 20.1 Å². The molecule has 0 aliphatic heterocycles. The minimum Gasteiger partial charge on any atom is -0.316 e. The third-order valence-corrected chi connectivity index (χ3v) is 5.42. The number of aromatic amines is 1. The van der Waals surface area contributed by atoms with Crippen LogP contribution in [0.1, 0.15) is 26.2 Å². The van der Waals surface area contributed by atoms with Crippen LogP contribution in [0.25, 0.3) is 11.4 Å². The van der Waals surface area contributed by atoms with Gasteiger partial charge in [0.15, 0.2) is 5.82 Å². The molecule has 5 nitrogen and oxygen atoms in total. The number of aromatic nitrogens is 3. The summed E-state index contributed by atoms with van der Waals surface area (Å²) < 4.78 is 0.958. The average molecular weight is 407 g/mol. The molecule has 0 saturated carbocycles. The number of thioether (sulfide) groups is 1. The SMILES string of the molecule is CCN(C(=O)CSc1n[nH]c(-c2ccccc2Br)n1)C1=CCCC1. The molecule has 1 aromatic heterocycles. The molecule has 0 unspecified atom stereocenters. The van der Waals surface area contributed by atoms with E-state index in [1.54, 1.807) is 0 Å². The van der Waals surface area contributed by atoms with Crippen molar-refractivity contribution in [2.45, 2.75) is 31.3 Å². The minimum atomic E-state index is 0.114. The van der Waals surface area contributed by atoms with Gasteiger partial charge >= 0.3 is 0 Å². The maximum atomic E-state index is 12.5. The fourth-order valence-corrected chi connectivity index (χ4v) is 3.87. The summed E-state index contributed by atoms with van der Waals surface area (Å²) >= 11 is 4.87. The summed E-state index contributed by atoms with van der Waals surface area (Å²) in [5.41, 5.74) is 2.11. The van der Waals surface area contributed by atoms with Crippen LogP contribution in [0.3, 0.4) is 0 Å². The first-order valence-electron chi connectivity index (χ1n) is 7.98. The zero-order chi connectivity index (χ0) is 16.9. The highest BCUT2D eigenvalue weighted by Crippen LogP contribution is 2.27. The third kappa shape index (κ3) is 3.89. The van der Waals surface area contributed by atoms with Gasteiger partial charge in [-0.05, 0) is 32.3 Å². The van der Waals surface area contributed by atoms with Crippen LogP contribution in [0.5, 0.6) is 0 Å². The number of amides is 1. The molecular formula is C17H19BrN4OS. The second-order valence-corrected chi connectivity index (χ2v) is 7.26. The van der Waals surface area contributed by atoms with Gasteiger partial charge in [-0.25, -0.2) is 4.98 Å². The van der Waals surface area contributed by atoms with Crippen LogP contribution in [-0.4, -0.2) is 38.3 Å². The standard InChI is InChI=1S/C17H19BrN4OS/c1-2-22(12-7-3-4-8-12)15(23)11-24-17-19-16(20-21-17)13-9-5-6-10-14(13)18/h5-7,9-10H,2-4,8,11H2,1H3,(H,19,20,21). The minimum absolute atomic E-state index is 0.114. The van der Waals surface area contributed by atoms with Crippen LogP contribution in [0.4, 0.5) is 0 Å². The molecule has 1 aromatic carbocycles. The van der Waals surface area contributed by atoms with Gasteiger partial charge in [0.05, 0.1) is 5.75 Å². The number of halogens is 1. The summed E-state index contributed by atoms with van der Waals surface area (Å²) in [6.07, 6.45) is 5.38. The van der Waals surface area contributed by atoms with Crippen molar-refractivity contribution in [2.75, 3.05) is 12.3 Å². The van der Waals surface area contributed by atoms with Crippen LogP contribution in [0.15, 0.2) is 45.7 Å². The fourth-order valence-electron chi connectivity index (χ4n) is 2.73. The Morgan fingerprint density at radius 2 is 2.25 bits per heavy atom. The van der Waals surface area contributed by atoms with E-state index in [1.807, 2.05) is 36.1 Å². The van der Waals surface area contributed by atoms with E-state index >= 15 is 0 Å². The molecule has 0 bridgehead atoms. The molecule has 0 radical (unpaired) electrons. The van der Waals surface area contributed by atoms with Gasteiger partial charge in [0.25, 0.3) is 0 Å². The summed E-state index contributed by atoms with van der Waals surface area (Å²) in [5, 5.41) is 7.73. The molecular weight excluding hydrogens is 388 g/mol. The molecule has 2 aromatic rings. The van der Waals surface area contributed by atoms with Crippen LogP contribution in [0.2, 0.25) is 0 Å². The quantitative estimate of drug-likeness (QED) is 0.728. The molecule has 0 spiro atoms. The number of allylic oxidation sites excluding steroid dienone is 2. The summed E-state index contributed by atoms with van der Waals surface area (Å²) in [5.74, 6) is 1.16. The number of nitrogens with one attached hydrogen (secondary N) is 1. The van der Waals surface area contributed by atoms with Crippen LogP contribution < -0.4 is 0 Å². The number of rotatable bonds is 6. The molecule has 24 heavy (non-hydrogen) atoms. The van der Waals surface area contributed by atoms with Gasteiger partial charge in [-0.15, -0.1) is 5.10 Å². The van der Waals surface area contributed by atoms with Crippen LogP contribution >= 0.6 is 27.7 Å². The fraction of sp³-hybridized carbons (Fsp3) is 0.353. The highest BCUT2D eigenvalue weighted by Gasteiger charge is 2.19. The number of H-pyrrole nitrogens is 1. The second kappa shape index (κ2) is 7.98. The molecule has 1 amide bonds. The van der Waals surface area contributed by atoms with E-state index in [9.17, 15) is 4.79 Å². The lowest BCUT2D eigenvalue weighted by Crippen LogP contribution is -2.31. The van der Waals surface area contributed by atoms with Gasteiger partial charge < -0.3 is 4.90 Å². The monoisotopic (exact) mass is 406 g/mol. The lowest BCUT2D eigenvalue weighted by molar-refractivity contribution is -0.126. The maximum absolute atomic E-state index is 12.5. The number of carbonyl (C=O) groups is 1. The number of carbonyl (C=O) groups excluding carboxylic acids is 1. The van der Waals surface area contributed by atoms with Crippen molar-refractivity contribution in [2.24, 2.45) is 0 Å². The van der Waals surface area contributed by atoms with Gasteiger partial charge in [-0.2, -0.15) is 0 Å². The molecule has 1 N–H and O–H groups in total. The molecule has 1 heterocycles. The first-order valence-corrected chi connectivity index (χ1v) is 9.76. The van der Waals surface area contributed by atoms with Crippen LogP contribution in [0, 0.1) is 0 Å². The van der Waals surface area contributed by atoms with Crippen LogP contribution in [-0.2, 0) is 4.79 Å². The molecule has 3 rings (SSSR count). The lowest BCUT2D eigenvalue weighted by atomic mass is 10.2. The summed E-state index contributed by atoms with van der Waals surface area (Å²) in [6, 6.07) is 7.83. The Morgan fingerprint density at radius 1 is 1.42 bits per heavy atom. The zero-order valence-electron chi connectivity index (χ0n) is 13.5. The Morgan fingerprint density at radius 3 is 2.96 bits per heavy atom. The molecule has 1 aliphatic carbocycles. The van der Waals surface area contributed by atoms with E-state index in [0.717, 1.165) is 35.0 Å². The highest BCUT2D eigenvalue weighted by molar-refractivity contribution is 9.10. The van der Waals surface area contributed by atoms with Crippen molar-refractivity contribution < 1.29 is 4.79 Å². The Bertz CT molecular complexity index is 759. The normalized spacial score (nSPS) is 13.8. The Balaban J connectivity index is 1.63. The topological polar surface area (TPSA) is 61.9 Å². The summed E-state index contributed by atoms with van der Waals surface area (Å²) in [6.45, 7) is 2.72. The van der Waals surface area contributed by atoms with Crippen molar-refractivity contribution in [1.29, 1.82) is 0 Å². The molecule has 0 fully saturated rings.